The molecule has 2 rings (SSSR count). The summed E-state index contributed by atoms with van der Waals surface area (Å²) in [7, 11) is 0. The lowest BCUT2D eigenvalue weighted by Gasteiger charge is -2.35. The highest BCUT2D eigenvalue weighted by molar-refractivity contribution is 5.81. The number of piperidine rings is 1. The van der Waals surface area contributed by atoms with Crippen molar-refractivity contribution in [2.45, 2.75) is 39.8 Å². The van der Waals surface area contributed by atoms with Crippen molar-refractivity contribution in [2.24, 2.45) is 11.3 Å². The topological polar surface area (TPSA) is 42.4 Å². The Morgan fingerprint density at radius 1 is 1.25 bits per heavy atom. The van der Waals surface area contributed by atoms with Crippen molar-refractivity contribution < 1.29 is 22.7 Å². The third-order valence-corrected chi connectivity index (χ3v) is 4.02. The van der Waals surface area contributed by atoms with Crippen LogP contribution in [-0.2, 0) is 11.0 Å². The largest absolute Gasteiger partial charge is 0.477 e. The van der Waals surface area contributed by atoms with Crippen LogP contribution in [-0.4, -0.2) is 35.5 Å². The summed E-state index contributed by atoms with van der Waals surface area (Å²) in [6.45, 7) is 7.30. The zero-order chi connectivity index (χ0) is 18.0. The van der Waals surface area contributed by atoms with E-state index in [2.05, 4.69) is 4.98 Å². The Bertz CT molecular complexity index is 574. The summed E-state index contributed by atoms with van der Waals surface area (Å²) in [4.78, 5) is 17.6. The molecule has 134 valence electrons. The molecule has 0 bridgehead atoms. The first kappa shape index (κ1) is 18.5. The molecule has 1 saturated heterocycles. The van der Waals surface area contributed by atoms with Gasteiger partial charge in [-0.15, -0.1) is 0 Å². The van der Waals surface area contributed by atoms with E-state index in [1.165, 1.54) is 12.1 Å². The third kappa shape index (κ3) is 4.85. The average molecular weight is 344 g/mol. The highest BCUT2D eigenvalue weighted by Gasteiger charge is 2.33. The highest BCUT2D eigenvalue weighted by atomic mass is 19.4. The van der Waals surface area contributed by atoms with E-state index in [4.69, 9.17) is 4.74 Å². The van der Waals surface area contributed by atoms with Gasteiger partial charge in [-0.05, 0) is 24.8 Å². The van der Waals surface area contributed by atoms with Gasteiger partial charge in [0.15, 0.2) is 0 Å². The van der Waals surface area contributed by atoms with Crippen LogP contribution < -0.4 is 4.74 Å². The summed E-state index contributed by atoms with van der Waals surface area (Å²) >= 11 is 0. The number of likely N-dealkylation sites (tertiary alicyclic amines) is 1. The van der Waals surface area contributed by atoms with Gasteiger partial charge in [-0.3, -0.25) is 4.79 Å². The van der Waals surface area contributed by atoms with Crippen LogP contribution in [0.4, 0.5) is 13.2 Å². The SMILES string of the molecule is CC(C)(C)C(=O)N1CCC(COc2cccc(C(F)(F)F)n2)CC1. The Balaban J connectivity index is 1.84. The zero-order valence-electron chi connectivity index (χ0n) is 14.2. The van der Waals surface area contributed by atoms with Crippen LogP contribution in [0.3, 0.4) is 0 Å². The molecular formula is C17H23F3N2O2. The fraction of sp³-hybridized carbons (Fsp3) is 0.647. The van der Waals surface area contributed by atoms with E-state index < -0.39 is 17.3 Å². The van der Waals surface area contributed by atoms with Crippen LogP contribution in [0.2, 0.25) is 0 Å². The molecule has 1 aromatic heterocycles. The summed E-state index contributed by atoms with van der Waals surface area (Å²) in [5.74, 6) is 0.324. The maximum Gasteiger partial charge on any atom is 0.433 e. The van der Waals surface area contributed by atoms with Gasteiger partial charge in [0.1, 0.15) is 5.69 Å². The van der Waals surface area contributed by atoms with Crippen molar-refractivity contribution >= 4 is 5.91 Å². The molecule has 0 aliphatic carbocycles. The molecule has 1 amide bonds. The molecular weight excluding hydrogens is 321 g/mol. The fourth-order valence-electron chi connectivity index (χ4n) is 2.63. The number of halogens is 3. The standard InChI is InChI=1S/C17H23F3N2O2/c1-16(2,3)15(23)22-9-7-12(8-10-22)11-24-14-6-4-5-13(21-14)17(18,19)20/h4-6,12H,7-11H2,1-3H3. The number of ether oxygens (including phenoxy) is 1. The summed E-state index contributed by atoms with van der Waals surface area (Å²) in [5.41, 5.74) is -1.35. The molecule has 0 unspecified atom stereocenters. The van der Waals surface area contributed by atoms with Crippen molar-refractivity contribution in [1.29, 1.82) is 0 Å². The number of aromatic nitrogens is 1. The number of nitrogens with zero attached hydrogens (tertiary/aromatic N) is 2. The van der Waals surface area contributed by atoms with E-state index in [1.807, 2.05) is 25.7 Å². The molecule has 7 heteroatoms. The molecule has 1 fully saturated rings. The van der Waals surface area contributed by atoms with E-state index in [-0.39, 0.29) is 17.7 Å². The Kier molecular flexibility index (Phi) is 5.40. The molecule has 24 heavy (non-hydrogen) atoms. The third-order valence-electron chi connectivity index (χ3n) is 4.02. The fourth-order valence-corrected chi connectivity index (χ4v) is 2.63. The van der Waals surface area contributed by atoms with Gasteiger partial charge >= 0.3 is 6.18 Å². The first-order chi connectivity index (χ1) is 11.1. The normalized spacial score (nSPS) is 17.0. The summed E-state index contributed by atoms with van der Waals surface area (Å²) in [6, 6.07) is 3.63. The van der Waals surface area contributed by atoms with Crippen molar-refractivity contribution in [3.63, 3.8) is 0 Å². The lowest BCUT2D eigenvalue weighted by atomic mass is 9.91. The highest BCUT2D eigenvalue weighted by Crippen LogP contribution is 2.29. The first-order valence-corrected chi connectivity index (χ1v) is 8.04. The Labute approximate surface area is 140 Å². The number of carbonyl (C=O) groups is 1. The van der Waals surface area contributed by atoms with Gasteiger partial charge in [0, 0.05) is 24.6 Å². The number of hydrogen-bond acceptors (Lipinski definition) is 3. The maximum absolute atomic E-state index is 12.6. The Hall–Kier alpha value is -1.79. The molecule has 0 atom stereocenters. The van der Waals surface area contributed by atoms with Gasteiger partial charge in [0.05, 0.1) is 6.61 Å². The van der Waals surface area contributed by atoms with E-state index >= 15 is 0 Å². The van der Waals surface area contributed by atoms with Crippen LogP contribution in [0, 0.1) is 11.3 Å². The predicted molar refractivity (Wildman–Crippen MR) is 83.5 cm³/mol. The second kappa shape index (κ2) is 6.99. The van der Waals surface area contributed by atoms with Crippen LogP contribution in [0.1, 0.15) is 39.3 Å². The first-order valence-electron chi connectivity index (χ1n) is 8.04. The predicted octanol–water partition coefficient (Wildman–Crippen LogP) is 3.76. The average Bonchev–Trinajstić information content (AvgIpc) is 2.51. The minimum absolute atomic E-state index is 0.0157. The quantitative estimate of drug-likeness (QED) is 0.838. The number of carbonyl (C=O) groups excluding carboxylic acids is 1. The molecule has 2 heterocycles. The number of alkyl halides is 3. The summed E-state index contributed by atoms with van der Waals surface area (Å²) < 4.78 is 43.3. The summed E-state index contributed by atoms with van der Waals surface area (Å²) in [6.07, 6.45) is -2.92. The van der Waals surface area contributed by atoms with Gasteiger partial charge in [-0.1, -0.05) is 26.8 Å². The van der Waals surface area contributed by atoms with Crippen LogP contribution in [0.5, 0.6) is 5.88 Å². The molecule has 0 spiro atoms. The van der Waals surface area contributed by atoms with Crippen LogP contribution in [0.25, 0.3) is 0 Å². The minimum Gasteiger partial charge on any atom is -0.477 e. The maximum atomic E-state index is 12.6. The van der Waals surface area contributed by atoms with Crippen molar-refractivity contribution in [1.82, 2.24) is 9.88 Å². The van der Waals surface area contributed by atoms with E-state index in [0.29, 0.717) is 19.7 Å². The van der Waals surface area contributed by atoms with Crippen molar-refractivity contribution in [2.75, 3.05) is 19.7 Å². The number of rotatable bonds is 3. The van der Waals surface area contributed by atoms with Crippen molar-refractivity contribution in [3.8, 4) is 5.88 Å². The molecule has 0 aromatic carbocycles. The molecule has 0 saturated carbocycles. The molecule has 1 aromatic rings. The molecule has 0 N–H and O–H groups in total. The molecule has 1 aliphatic heterocycles. The molecule has 4 nitrogen and oxygen atoms in total. The van der Waals surface area contributed by atoms with E-state index in [0.717, 1.165) is 18.9 Å². The smallest absolute Gasteiger partial charge is 0.433 e. The van der Waals surface area contributed by atoms with E-state index in [1.54, 1.807) is 0 Å². The van der Waals surface area contributed by atoms with Gasteiger partial charge in [-0.2, -0.15) is 13.2 Å². The van der Waals surface area contributed by atoms with Crippen molar-refractivity contribution in [3.05, 3.63) is 23.9 Å². The number of amides is 1. The van der Waals surface area contributed by atoms with E-state index in [9.17, 15) is 18.0 Å². The number of pyridine rings is 1. The van der Waals surface area contributed by atoms with Crippen LogP contribution >= 0.6 is 0 Å². The minimum atomic E-state index is -4.47. The van der Waals surface area contributed by atoms with Gasteiger partial charge in [-0.25, -0.2) is 4.98 Å². The van der Waals surface area contributed by atoms with Gasteiger partial charge < -0.3 is 9.64 Å². The Morgan fingerprint density at radius 2 is 1.88 bits per heavy atom. The molecule has 1 aliphatic rings. The lowest BCUT2D eigenvalue weighted by Crippen LogP contribution is -2.44. The van der Waals surface area contributed by atoms with Crippen LogP contribution in [0.15, 0.2) is 18.2 Å². The second-order valence-electron chi connectivity index (χ2n) is 7.16. The summed E-state index contributed by atoms with van der Waals surface area (Å²) in [5, 5.41) is 0. The monoisotopic (exact) mass is 344 g/mol. The number of hydrogen-bond donors (Lipinski definition) is 0. The van der Waals surface area contributed by atoms with Gasteiger partial charge in [0.25, 0.3) is 0 Å². The second-order valence-corrected chi connectivity index (χ2v) is 7.16. The van der Waals surface area contributed by atoms with Gasteiger partial charge in [0.2, 0.25) is 11.8 Å². The lowest BCUT2D eigenvalue weighted by molar-refractivity contribution is -0.141. The zero-order valence-corrected chi connectivity index (χ0v) is 14.2. The molecule has 0 radical (unpaired) electrons. The Morgan fingerprint density at radius 3 is 2.42 bits per heavy atom.